The van der Waals surface area contributed by atoms with Crippen LogP contribution in [0.15, 0.2) is 66.7 Å². The van der Waals surface area contributed by atoms with Gasteiger partial charge in [0.2, 0.25) is 35.4 Å². The maximum absolute atomic E-state index is 15.1. The minimum atomic E-state index is -2.16. The van der Waals surface area contributed by atoms with E-state index < -0.39 is 171 Å². The van der Waals surface area contributed by atoms with Crippen LogP contribution < -0.4 is 40.8 Å². The number of aromatic hydroxyl groups is 1. The molecule has 0 unspecified atom stereocenters. The Kier molecular flexibility index (Phi) is 29.3. The number of nitrogens with zero attached hydrogens (tertiary/aromatic N) is 5. The molecule has 3 saturated heterocycles. The van der Waals surface area contributed by atoms with Crippen molar-refractivity contribution in [3.63, 3.8) is 0 Å². The van der Waals surface area contributed by atoms with Crippen molar-refractivity contribution in [3.05, 3.63) is 77.9 Å². The lowest BCUT2D eigenvalue weighted by Gasteiger charge is -2.34. The molecule has 4 aromatic rings. The largest absolute Gasteiger partial charge is 0.504 e. The zero-order valence-electron chi connectivity index (χ0n) is 54.3. The standard InChI is InChI=1S/C63H87N11O21S2/c1-6-72(7-2)63(89)64-24-23-46(79)51-62(88)74-32-34(3)53(81)52(74)58(86)65-31-40(76)29-43(66-54(82)37-14-16-38(17-15-37)59-70-71-60(96-59)39-18-20-42(21-19-39)92-26-12-10-8-9-11-25-91-5)55(83)67-49(35(4)75)61(87)73-33-41(77)30-44(73)56(84)68-50(57(85)69-51)47(80)27-36-13-22-45(78)48(28-36)93-97-95-94-90/h13-22,28,34-35,40-41,43-44,46-47,49-53,75-81,90H,6-12,23-27,29-33H2,1-5H3,(H,64,89)(H,65,86)(H,66,82)(H,67,83)(H,68,84)(H,69,85)/t34-,35+,40+,41+,43+,44+,46-,47-,49+,50+,51+,52+,53+/m1/s1. The quantitative estimate of drug-likeness (QED) is 0.0165. The van der Waals surface area contributed by atoms with E-state index in [1.54, 1.807) is 33.1 Å². The summed E-state index contributed by atoms with van der Waals surface area (Å²) >= 11 is 1.36. The molecule has 0 spiro atoms. The topological polar surface area (TPSA) is 452 Å². The van der Waals surface area contributed by atoms with Crippen LogP contribution >= 0.6 is 23.7 Å². The lowest BCUT2D eigenvalue weighted by Crippen LogP contribution is -2.64. The number of unbranched alkanes of at least 4 members (excludes halogenated alkanes) is 4. The summed E-state index contributed by atoms with van der Waals surface area (Å²) in [4.78, 5) is 119. The molecule has 7 rings (SSSR count). The Morgan fingerprint density at radius 3 is 2.03 bits per heavy atom. The lowest BCUT2D eigenvalue weighted by molar-refractivity contribution is -0.433. The molecule has 1 aromatic heterocycles. The summed E-state index contributed by atoms with van der Waals surface area (Å²) in [7, 11) is 1.69. The molecule has 34 heteroatoms. The number of ether oxygens (including phenoxy) is 2. The van der Waals surface area contributed by atoms with Crippen molar-refractivity contribution in [1.82, 2.24) is 56.8 Å². The van der Waals surface area contributed by atoms with Crippen LogP contribution in [0.2, 0.25) is 0 Å². The van der Waals surface area contributed by atoms with Gasteiger partial charge in [0, 0.05) is 94.9 Å². The third kappa shape index (κ3) is 21.1. The molecule has 32 nitrogen and oxygen atoms in total. The van der Waals surface area contributed by atoms with Gasteiger partial charge in [-0.1, -0.05) is 65.1 Å². The average Bonchev–Trinajstić information content (AvgIpc) is 1.70. The number of methoxy groups -OCH3 is 1. The number of urea groups is 1. The van der Waals surface area contributed by atoms with E-state index in [-0.39, 0.29) is 42.3 Å². The van der Waals surface area contributed by atoms with Crippen LogP contribution in [0.25, 0.3) is 21.1 Å². The van der Waals surface area contributed by atoms with Crippen LogP contribution in [0.3, 0.4) is 0 Å². The molecule has 14 N–H and O–H groups in total. The van der Waals surface area contributed by atoms with Gasteiger partial charge in [-0.3, -0.25) is 33.6 Å². The number of nitrogens with one attached hydrogen (secondary N) is 6. The van der Waals surface area contributed by atoms with Crippen molar-refractivity contribution in [3.8, 4) is 38.4 Å². The van der Waals surface area contributed by atoms with Crippen LogP contribution in [-0.4, -0.2) is 246 Å². The van der Waals surface area contributed by atoms with E-state index in [9.17, 15) is 69.3 Å². The molecule has 0 radical (unpaired) electrons. The summed E-state index contributed by atoms with van der Waals surface area (Å²) in [6, 6.07) is 5.14. The molecule has 13 atom stereocenters. The molecule has 3 aliphatic heterocycles. The molecule has 3 fully saturated rings. The fraction of sp³-hybridized carbons (Fsp3) is 0.556. The summed E-state index contributed by atoms with van der Waals surface area (Å²) < 4.78 is 20.4. The summed E-state index contributed by atoms with van der Waals surface area (Å²) in [5.41, 5.74) is 1.49. The summed E-state index contributed by atoms with van der Waals surface area (Å²) in [6.45, 7) is 6.13. The molecule has 0 saturated carbocycles. The highest BCUT2D eigenvalue weighted by atomic mass is 32.2. The number of carbonyl (C=O) groups excluding carboxylic acids is 8. The highest BCUT2D eigenvalue weighted by Crippen LogP contribution is 2.33. The van der Waals surface area contributed by atoms with Gasteiger partial charge in [0.25, 0.3) is 18.2 Å². The van der Waals surface area contributed by atoms with Crippen LogP contribution in [-0.2, 0) is 49.3 Å². The first-order valence-electron chi connectivity index (χ1n) is 32.0. The second-order valence-electron chi connectivity index (χ2n) is 23.9. The number of β-amino-alcohol motifs (C(OH)–C–C–N with tert-alkyl or cyclic N) is 1. The Morgan fingerprint density at radius 2 is 1.38 bits per heavy atom. The van der Waals surface area contributed by atoms with E-state index in [0.29, 0.717) is 41.0 Å². The number of hydrogen-bond acceptors (Lipinski definition) is 25. The summed E-state index contributed by atoms with van der Waals surface area (Å²) in [5, 5.41) is 117. The number of rotatable bonds is 27. The lowest BCUT2D eigenvalue weighted by atomic mass is 9.98. The molecule has 0 aliphatic carbocycles. The third-order valence-corrected chi connectivity index (χ3v) is 18.2. The van der Waals surface area contributed by atoms with E-state index in [1.165, 1.54) is 47.4 Å². The molecular weight excluding hydrogens is 1310 g/mol. The van der Waals surface area contributed by atoms with E-state index in [0.717, 1.165) is 67.1 Å². The normalized spacial score (nSPS) is 23.9. The van der Waals surface area contributed by atoms with Gasteiger partial charge in [0.1, 0.15) is 52.0 Å². The van der Waals surface area contributed by atoms with Crippen LogP contribution in [0.1, 0.15) is 95.0 Å². The third-order valence-electron chi connectivity index (χ3n) is 16.8. The molecular formula is C63H87N11O21S2. The van der Waals surface area contributed by atoms with Crippen molar-refractivity contribution in [2.45, 2.75) is 158 Å². The highest BCUT2D eigenvalue weighted by Gasteiger charge is 2.50. The second-order valence-corrected chi connectivity index (χ2v) is 25.3. The van der Waals surface area contributed by atoms with Gasteiger partial charge in [0.05, 0.1) is 43.2 Å². The van der Waals surface area contributed by atoms with Crippen molar-refractivity contribution < 1.29 is 102 Å². The average molecular weight is 1400 g/mol. The maximum Gasteiger partial charge on any atom is 0.317 e. The van der Waals surface area contributed by atoms with Crippen molar-refractivity contribution in [2.24, 2.45) is 5.92 Å². The van der Waals surface area contributed by atoms with Gasteiger partial charge >= 0.3 is 6.03 Å². The number of fused-ring (bicyclic) bond motifs is 2. The van der Waals surface area contributed by atoms with Gasteiger partial charge in [-0.25, -0.2) is 10.1 Å². The predicted octanol–water partition coefficient (Wildman–Crippen LogP) is 0.307. The first kappa shape index (κ1) is 76.5. The number of phenols is 1. The molecule has 3 aliphatic rings. The van der Waals surface area contributed by atoms with Gasteiger partial charge in [0.15, 0.2) is 11.5 Å². The van der Waals surface area contributed by atoms with Crippen LogP contribution in [0.5, 0.6) is 17.2 Å². The zero-order chi connectivity index (χ0) is 70.5. The van der Waals surface area contributed by atoms with Gasteiger partial charge < -0.3 is 96.0 Å². The Balaban J connectivity index is 1.17. The fourth-order valence-electron chi connectivity index (χ4n) is 11.4. The number of aliphatic hydroxyl groups is 6. The van der Waals surface area contributed by atoms with Gasteiger partial charge in [-0.05, 0) is 94.1 Å². The molecule has 97 heavy (non-hydrogen) atoms. The van der Waals surface area contributed by atoms with Gasteiger partial charge in [-0.15, -0.1) is 10.2 Å². The molecule has 9 amide bonds. The SMILES string of the molecule is CCN(CC)C(=O)NCC[C@@H](O)[C@@H]1NC(=O)[C@H]([C@H](O)Cc2ccc(O)c(OSOOO)c2)NC(=O)[C@@H]2C[C@H](O)CN2C(=O)[C@H]([C@H](C)O)NC(=O)[C@@H](NC(=O)c2ccc(-c3nnc(-c4ccc(OCCCCCCCOC)cc4)s3)cc2)C[C@H](O)CNC(=O)[C@@H]2[C@@H](O)[C@H](C)CN2C1=O. The van der Waals surface area contributed by atoms with Crippen LogP contribution in [0.4, 0.5) is 4.79 Å². The smallest absolute Gasteiger partial charge is 0.317 e. The van der Waals surface area contributed by atoms with Crippen LogP contribution in [0, 0.1) is 5.92 Å². The number of aliphatic hydroxyl groups excluding tert-OH is 6. The number of carbonyl (C=O) groups is 8. The Labute approximate surface area is 568 Å². The number of hydrogen-bond donors (Lipinski definition) is 14. The number of phenolic OH excluding ortho intramolecular Hbond substituents is 1. The minimum Gasteiger partial charge on any atom is -0.504 e. The second kappa shape index (κ2) is 37.2. The summed E-state index contributed by atoms with van der Waals surface area (Å²) in [6.07, 6.45) is -7.50. The van der Waals surface area contributed by atoms with E-state index >= 15 is 4.79 Å². The highest BCUT2D eigenvalue weighted by molar-refractivity contribution is 7.90. The Morgan fingerprint density at radius 1 is 0.753 bits per heavy atom. The first-order chi connectivity index (χ1) is 46.5. The Hall–Kier alpha value is -7.87. The molecule has 4 heterocycles. The van der Waals surface area contributed by atoms with Crippen molar-refractivity contribution in [1.29, 1.82) is 0 Å². The maximum atomic E-state index is 15.1. The zero-order valence-corrected chi connectivity index (χ0v) is 55.9. The minimum absolute atomic E-state index is 0.00953. The summed E-state index contributed by atoms with van der Waals surface area (Å²) in [5.74, 6) is -8.89. The molecule has 532 valence electrons. The van der Waals surface area contributed by atoms with E-state index in [2.05, 4.69) is 51.5 Å². The van der Waals surface area contributed by atoms with Gasteiger partial charge in [-0.2, -0.15) is 0 Å². The number of amides is 9. The predicted molar refractivity (Wildman–Crippen MR) is 348 cm³/mol. The monoisotopic (exact) mass is 1400 g/mol. The van der Waals surface area contributed by atoms with Crippen molar-refractivity contribution in [2.75, 3.05) is 59.6 Å². The fourth-order valence-corrected chi connectivity index (χ4v) is 12.5. The number of aromatic nitrogens is 2. The molecule has 0 bridgehead atoms. The van der Waals surface area contributed by atoms with E-state index in [1.807, 2.05) is 24.3 Å². The van der Waals surface area contributed by atoms with Crippen molar-refractivity contribution >= 4 is 71.0 Å². The Bertz CT molecular complexity index is 3280. The first-order valence-corrected chi connectivity index (χ1v) is 33.5. The molecule has 3 aromatic carbocycles. The van der Waals surface area contributed by atoms with E-state index in [4.69, 9.17) is 18.9 Å². The number of benzene rings is 3.